The molecular weight excluding hydrogens is 444 g/mol. The zero-order valence-electron chi connectivity index (χ0n) is 21.3. The summed E-state index contributed by atoms with van der Waals surface area (Å²) in [5.74, 6) is -0.228. The van der Waals surface area contributed by atoms with Gasteiger partial charge < -0.3 is 10.2 Å². The Morgan fingerprint density at radius 2 is 1.39 bits per heavy atom. The fraction of sp³-hybridized carbons (Fsp3) is 0.290. The summed E-state index contributed by atoms with van der Waals surface area (Å²) in [6, 6.07) is 31.2. The first-order valence-corrected chi connectivity index (χ1v) is 12.5. The quantitative estimate of drug-likeness (QED) is 0.363. The van der Waals surface area contributed by atoms with E-state index >= 15 is 0 Å². The van der Waals surface area contributed by atoms with Crippen LogP contribution >= 0.6 is 0 Å². The zero-order chi connectivity index (χ0) is 25.5. The highest BCUT2D eigenvalue weighted by molar-refractivity contribution is 5.97. The topological polar surface area (TPSA) is 59.4 Å². The van der Waals surface area contributed by atoms with Crippen molar-refractivity contribution >= 4 is 11.6 Å². The van der Waals surface area contributed by atoms with Crippen LogP contribution in [0.15, 0.2) is 96.7 Å². The number of amides is 1. The molecule has 0 atom stereocenters. The maximum atomic E-state index is 13.2. The molecule has 0 bridgehead atoms. The van der Waals surface area contributed by atoms with Crippen molar-refractivity contribution in [1.82, 2.24) is 9.80 Å². The predicted octanol–water partition coefficient (Wildman–Crippen LogP) is 5.74. The number of carbonyl (C=O) groups excluding carboxylic acids is 1. The molecule has 1 aliphatic heterocycles. The van der Waals surface area contributed by atoms with E-state index in [1.807, 2.05) is 30.3 Å². The van der Waals surface area contributed by atoms with Crippen LogP contribution in [0.2, 0.25) is 0 Å². The second-order valence-electron chi connectivity index (χ2n) is 10.2. The number of para-hydroxylation sites is 1. The van der Waals surface area contributed by atoms with Crippen molar-refractivity contribution in [3.8, 4) is 6.07 Å². The van der Waals surface area contributed by atoms with Gasteiger partial charge in [0.15, 0.2) is 0 Å². The Bertz CT molecular complexity index is 1190. The fourth-order valence-corrected chi connectivity index (χ4v) is 4.79. The van der Waals surface area contributed by atoms with Crippen LogP contribution in [0.4, 0.5) is 5.69 Å². The summed E-state index contributed by atoms with van der Waals surface area (Å²) in [4.78, 5) is 17.4. The highest BCUT2D eigenvalue weighted by Gasteiger charge is 2.29. The Kier molecular flexibility index (Phi) is 7.87. The molecule has 36 heavy (non-hydrogen) atoms. The normalized spacial score (nSPS) is 15.0. The second-order valence-corrected chi connectivity index (χ2v) is 10.2. The molecule has 4 rings (SSSR count). The molecule has 1 saturated heterocycles. The molecule has 0 unspecified atom stereocenters. The maximum Gasteiger partial charge on any atom is 0.266 e. The van der Waals surface area contributed by atoms with E-state index in [1.165, 1.54) is 11.1 Å². The molecule has 0 radical (unpaired) electrons. The lowest BCUT2D eigenvalue weighted by Gasteiger charge is -2.39. The molecule has 1 N–H and O–H groups in total. The van der Waals surface area contributed by atoms with E-state index in [2.05, 4.69) is 91.7 Å². The van der Waals surface area contributed by atoms with E-state index in [9.17, 15) is 10.1 Å². The summed E-state index contributed by atoms with van der Waals surface area (Å²) >= 11 is 0. The van der Waals surface area contributed by atoms with Crippen LogP contribution in [0.5, 0.6) is 0 Å². The smallest absolute Gasteiger partial charge is 0.266 e. The molecule has 0 spiro atoms. The van der Waals surface area contributed by atoms with Gasteiger partial charge in [-0.2, -0.15) is 5.26 Å². The molecule has 3 aromatic rings. The Labute approximate surface area is 214 Å². The molecule has 1 heterocycles. The minimum atomic E-state index is -0.228. The number of carbonyl (C=O) groups is 1. The molecule has 0 saturated carbocycles. The van der Waals surface area contributed by atoms with Crippen molar-refractivity contribution in [3.63, 3.8) is 0 Å². The molecule has 0 aliphatic carbocycles. The van der Waals surface area contributed by atoms with Gasteiger partial charge in [0.2, 0.25) is 0 Å². The van der Waals surface area contributed by atoms with Gasteiger partial charge in [0.1, 0.15) is 11.6 Å². The number of anilines is 1. The number of hydrogen-bond acceptors (Lipinski definition) is 4. The molecule has 184 valence electrons. The molecule has 1 amide bonds. The van der Waals surface area contributed by atoms with Crippen LogP contribution < -0.4 is 5.32 Å². The van der Waals surface area contributed by atoms with Crippen molar-refractivity contribution in [2.45, 2.75) is 32.2 Å². The van der Waals surface area contributed by atoms with Crippen molar-refractivity contribution < 1.29 is 4.79 Å². The summed E-state index contributed by atoms with van der Waals surface area (Å²) < 4.78 is 0. The van der Waals surface area contributed by atoms with Gasteiger partial charge in [-0.05, 0) is 28.2 Å². The third-order valence-electron chi connectivity index (χ3n) is 6.66. The van der Waals surface area contributed by atoms with E-state index in [1.54, 1.807) is 11.1 Å². The van der Waals surface area contributed by atoms with E-state index in [-0.39, 0.29) is 22.9 Å². The van der Waals surface area contributed by atoms with Gasteiger partial charge in [0.25, 0.3) is 5.91 Å². The fourth-order valence-electron chi connectivity index (χ4n) is 4.79. The van der Waals surface area contributed by atoms with Crippen LogP contribution in [0, 0.1) is 11.3 Å². The average Bonchev–Trinajstić information content (AvgIpc) is 2.90. The molecule has 5 heteroatoms. The largest absolute Gasteiger partial charge is 0.360 e. The molecule has 1 fully saturated rings. The zero-order valence-corrected chi connectivity index (χ0v) is 21.3. The third kappa shape index (κ3) is 5.84. The van der Waals surface area contributed by atoms with Crippen LogP contribution in [0.1, 0.15) is 43.5 Å². The van der Waals surface area contributed by atoms with Crippen LogP contribution in [0.3, 0.4) is 0 Å². The van der Waals surface area contributed by atoms with Gasteiger partial charge in [-0.25, -0.2) is 0 Å². The Morgan fingerprint density at radius 3 is 1.92 bits per heavy atom. The second kappa shape index (κ2) is 11.2. The molecule has 1 aliphatic rings. The predicted molar refractivity (Wildman–Crippen MR) is 145 cm³/mol. The van der Waals surface area contributed by atoms with Crippen molar-refractivity contribution in [1.29, 1.82) is 5.26 Å². The van der Waals surface area contributed by atoms with Crippen LogP contribution in [-0.2, 0) is 10.2 Å². The number of nitrogens with one attached hydrogen (secondary N) is 1. The monoisotopic (exact) mass is 478 g/mol. The van der Waals surface area contributed by atoms with Gasteiger partial charge >= 0.3 is 0 Å². The number of rotatable bonds is 6. The molecule has 5 nitrogen and oxygen atoms in total. The molecule has 0 aromatic heterocycles. The number of nitrogens with zero attached hydrogens (tertiary/aromatic N) is 3. The summed E-state index contributed by atoms with van der Waals surface area (Å²) in [5.41, 5.74) is 4.58. The van der Waals surface area contributed by atoms with E-state index in [4.69, 9.17) is 0 Å². The lowest BCUT2D eigenvalue weighted by Crippen LogP contribution is -2.50. The minimum Gasteiger partial charge on any atom is -0.360 e. The molecule has 3 aromatic carbocycles. The maximum absolute atomic E-state index is 13.2. The first kappa shape index (κ1) is 25.2. The van der Waals surface area contributed by atoms with Gasteiger partial charge in [-0.3, -0.25) is 9.69 Å². The standard InChI is InChI=1S/C31H34N4O/c1-31(2,3)27-16-10-11-17-28(27)33-23-26(22-32)30(36)35-20-18-34(19-21-35)29(24-12-6-4-7-13-24)25-14-8-5-9-15-25/h4-17,23,29,33H,18-21H2,1-3H3/b26-23-. The number of hydrogen-bond donors (Lipinski definition) is 1. The van der Waals surface area contributed by atoms with Crippen molar-refractivity contribution in [3.05, 3.63) is 113 Å². The van der Waals surface area contributed by atoms with Crippen LogP contribution in [0.25, 0.3) is 0 Å². The van der Waals surface area contributed by atoms with Crippen molar-refractivity contribution in [2.75, 3.05) is 31.5 Å². The summed E-state index contributed by atoms with van der Waals surface area (Å²) in [6.07, 6.45) is 1.55. The summed E-state index contributed by atoms with van der Waals surface area (Å²) in [5, 5.41) is 13.0. The number of benzene rings is 3. The SMILES string of the molecule is CC(C)(C)c1ccccc1N/C=C(/C#N)C(=O)N1CCN(C(c2ccccc2)c2ccccc2)CC1. The Balaban J connectivity index is 1.46. The Hall–Kier alpha value is -3.88. The first-order valence-electron chi connectivity index (χ1n) is 12.5. The first-order chi connectivity index (χ1) is 17.4. The van der Waals surface area contributed by atoms with Gasteiger partial charge in [-0.1, -0.05) is 99.6 Å². The third-order valence-corrected chi connectivity index (χ3v) is 6.66. The minimum absolute atomic E-state index is 0.0569. The summed E-state index contributed by atoms with van der Waals surface area (Å²) in [6.45, 7) is 9.05. The Morgan fingerprint density at radius 1 is 0.861 bits per heavy atom. The lowest BCUT2D eigenvalue weighted by atomic mass is 9.86. The van der Waals surface area contributed by atoms with Crippen LogP contribution in [-0.4, -0.2) is 41.9 Å². The lowest BCUT2D eigenvalue weighted by molar-refractivity contribution is -0.128. The highest BCUT2D eigenvalue weighted by atomic mass is 16.2. The van der Waals surface area contributed by atoms with Gasteiger partial charge in [-0.15, -0.1) is 0 Å². The van der Waals surface area contributed by atoms with E-state index in [0.717, 1.165) is 24.3 Å². The summed E-state index contributed by atoms with van der Waals surface area (Å²) in [7, 11) is 0. The average molecular weight is 479 g/mol. The highest BCUT2D eigenvalue weighted by Crippen LogP contribution is 2.31. The van der Waals surface area contributed by atoms with Crippen molar-refractivity contribution in [2.24, 2.45) is 0 Å². The van der Waals surface area contributed by atoms with Gasteiger partial charge in [0, 0.05) is 38.1 Å². The van der Waals surface area contributed by atoms with Gasteiger partial charge in [0.05, 0.1) is 6.04 Å². The number of nitriles is 1. The number of piperazine rings is 1. The molecular formula is C31H34N4O. The van der Waals surface area contributed by atoms with E-state index in [0.29, 0.717) is 13.1 Å². The van der Waals surface area contributed by atoms with E-state index < -0.39 is 0 Å².